The maximum absolute atomic E-state index is 13.0. The predicted molar refractivity (Wildman–Crippen MR) is 109 cm³/mol. The Labute approximate surface area is 167 Å². The third-order valence-corrected chi connectivity index (χ3v) is 6.66. The van der Waals surface area contributed by atoms with E-state index in [0.29, 0.717) is 18.7 Å². The van der Waals surface area contributed by atoms with E-state index in [4.69, 9.17) is 0 Å². The van der Waals surface area contributed by atoms with Crippen LogP contribution in [0.4, 0.5) is 0 Å². The Balaban J connectivity index is 2.20. The zero-order valence-electron chi connectivity index (χ0n) is 17.3. The molecule has 8 heteroatoms. The Hall–Kier alpha value is -1.93. The first kappa shape index (κ1) is 22.4. The van der Waals surface area contributed by atoms with E-state index in [0.717, 1.165) is 19.3 Å². The summed E-state index contributed by atoms with van der Waals surface area (Å²) in [4.78, 5) is 24.9. The molecule has 1 aromatic rings. The number of carbonyl (C=O) groups is 2. The van der Waals surface area contributed by atoms with Crippen molar-refractivity contribution in [2.75, 3.05) is 13.1 Å². The van der Waals surface area contributed by atoms with Crippen molar-refractivity contribution in [2.45, 2.75) is 70.4 Å². The van der Waals surface area contributed by atoms with Crippen LogP contribution in [0.2, 0.25) is 0 Å². The maximum Gasteiger partial charge on any atom is 0.251 e. The molecule has 1 aromatic carbocycles. The molecule has 0 radical (unpaired) electrons. The van der Waals surface area contributed by atoms with E-state index in [1.807, 2.05) is 20.8 Å². The minimum atomic E-state index is -3.64. The van der Waals surface area contributed by atoms with Gasteiger partial charge in [0.25, 0.3) is 5.91 Å². The van der Waals surface area contributed by atoms with Crippen molar-refractivity contribution in [3.8, 4) is 0 Å². The fraction of sp³-hybridized carbons (Fsp3) is 0.600. The van der Waals surface area contributed by atoms with Crippen LogP contribution in [0, 0.1) is 6.92 Å². The van der Waals surface area contributed by atoms with Gasteiger partial charge in [-0.3, -0.25) is 9.59 Å². The molecule has 7 nitrogen and oxygen atoms in total. The molecule has 1 heterocycles. The molecule has 0 spiro atoms. The molecule has 1 aliphatic rings. The third kappa shape index (κ3) is 5.54. The Morgan fingerprint density at radius 1 is 1.11 bits per heavy atom. The summed E-state index contributed by atoms with van der Waals surface area (Å²) >= 11 is 0. The number of piperidine rings is 1. The van der Waals surface area contributed by atoms with Gasteiger partial charge in [-0.15, -0.1) is 0 Å². The molecular weight excluding hydrogens is 378 g/mol. The van der Waals surface area contributed by atoms with Crippen LogP contribution in [0.15, 0.2) is 23.1 Å². The van der Waals surface area contributed by atoms with Gasteiger partial charge in [0.05, 0.1) is 4.90 Å². The average molecular weight is 410 g/mol. The van der Waals surface area contributed by atoms with E-state index in [9.17, 15) is 18.0 Å². The number of benzene rings is 1. The predicted octanol–water partition coefficient (Wildman–Crippen LogP) is 2.20. The number of hydrogen-bond acceptors (Lipinski definition) is 4. The van der Waals surface area contributed by atoms with E-state index >= 15 is 0 Å². The van der Waals surface area contributed by atoms with Crippen LogP contribution in [-0.2, 0) is 14.8 Å². The molecule has 2 amide bonds. The lowest BCUT2D eigenvalue weighted by Crippen LogP contribution is -2.50. The SMILES string of the molecule is Cc1ccc(C(=O)NC(C)C(=O)NC(C)(C)C)cc1S(=O)(=O)N1CCCCC1. The number of sulfonamides is 1. The average Bonchev–Trinajstić information content (AvgIpc) is 2.61. The van der Waals surface area contributed by atoms with Crippen molar-refractivity contribution in [3.05, 3.63) is 29.3 Å². The summed E-state index contributed by atoms with van der Waals surface area (Å²) in [5.74, 6) is -0.777. The number of nitrogens with one attached hydrogen (secondary N) is 2. The smallest absolute Gasteiger partial charge is 0.251 e. The van der Waals surface area contributed by atoms with E-state index in [1.54, 1.807) is 26.0 Å². The molecule has 28 heavy (non-hydrogen) atoms. The van der Waals surface area contributed by atoms with Crippen molar-refractivity contribution < 1.29 is 18.0 Å². The van der Waals surface area contributed by atoms with Gasteiger partial charge in [0.15, 0.2) is 0 Å². The summed E-state index contributed by atoms with van der Waals surface area (Å²) in [7, 11) is -3.64. The van der Waals surface area contributed by atoms with Crippen LogP contribution in [-0.4, -0.2) is 49.2 Å². The number of amides is 2. The van der Waals surface area contributed by atoms with E-state index < -0.39 is 27.5 Å². The van der Waals surface area contributed by atoms with E-state index in [1.165, 1.54) is 10.4 Å². The maximum atomic E-state index is 13.0. The van der Waals surface area contributed by atoms with Crippen LogP contribution in [0.1, 0.15) is 62.9 Å². The Bertz CT molecular complexity index is 837. The number of rotatable bonds is 5. The monoisotopic (exact) mass is 409 g/mol. The molecular formula is C20H31N3O4S. The van der Waals surface area contributed by atoms with Gasteiger partial charge in [-0.25, -0.2) is 8.42 Å². The lowest BCUT2D eigenvalue weighted by atomic mass is 10.1. The molecule has 0 saturated carbocycles. The molecule has 1 aliphatic heterocycles. The highest BCUT2D eigenvalue weighted by atomic mass is 32.2. The highest BCUT2D eigenvalue weighted by Gasteiger charge is 2.28. The molecule has 0 aliphatic carbocycles. The molecule has 1 fully saturated rings. The summed E-state index contributed by atoms with van der Waals surface area (Å²) in [5.41, 5.74) is 0.410. The first-order valence-corrected chi connectivity index (χ1v) is 11.1. The van der Waals surface area contributed by atoms with Crippen molar-refractivity contribution >= 4 is 21.8 Å². The number of aryl methyl sites for hydroxylation is 1. The fourth-order valence-corrected chi connectivity index (χ4v) is 4.85. The van der Waals surface area contributed by atoms with E-state index in [-0.39, 0.29) is 16.4 Å². The number of carbonyl (C=O) groups excluding carboxylic acids is 2. The summed E-state index contributed by atoms with van der Waals surface area (Å²) < 4.78 is 27.5. The van der Waals surface area contributed by atoms with Crippen LogP contribution < -0.4 is 10.6 Å². The van der Waals surface area contributed by atoms with Crippen molar-refractivity contribution in [1.82, 2.24) is 14.9 Å². The zero-order valence-corrected chi connectivity index (χ0v) is 18.1. The molecule has 2 rings (SSSR count). The molecule has 156 valence electrons. The molecule has 2 N–H and O–H groups in total. The van der Waals surface area contributed by atoms with Gasteiger partial charge < -0.3 is 10.6 Å². The quantitative estimate of drug-likeness (QED) is 0.779. The van der Waals surface area contributed by atoms with Crippen molar-refractivity contribution in [1.29, 1.82) is 0 Å². The second kappa shape index (κ2) is 8.61. The van der Waals surface area contributed by atoms with Gasteiger partial charge in [0.2, 0.25) is 15.9 Å². The Morgan fingerprint density at radius 2 is 1.71 bits per heavy atom. The minimum Gasteiger partial charge on any atom is -0.350 e. The molecule has 1 unspecified atom stereocenters. The molecule has 1 atom stereocenters. The van der Waals surface area contributed by atoms with Crippen molar-refractivity contribution in [3.63, 3.8) is 0 Å². The van der Waals surface area contributed by atoms with E-state index in [2.05, 4.69) is 10.6 Å². The van der Waals surface area contributed by atoms with Gasteiger partial charge in [0, 0.05) is 24.2 Å². The van der Waals surface area contributed by atoms with Crippen LogP contribution in [0.3, 0.4) is 0 Å². The fourth-order valence-electron chi connectivity index (χ4n) is 3.09. The first-order chi connectivity index (χ1) is 12.9. The molecule has 0 aromatic heterocycles. The minimum absolute atomic E-state index is 0.147. The van der Waals surface area contributed by atoms with Crippen LogP contribution in [0.5, 0.6) is 0 Å². The normalized spacial score (nSPS) is 17.0. The summed E-state index contributed by atoms with van der Waals surface area (Å²) in [6.07, 6.45) is 2.72. The molecule has 1 saturated heterocycles. The Kier molecular flexibility index (Phi) is 6.88. The topological polar surface area (TPSA) is 95.6 Å². The number of hydrogen-bond donors (Lipinski definition) is 2. The summed E-state index contributed by atoms with van der Waals surface area (Å²) in [5, 5.41) is 5.44. The molecule has 0 bridgehead atoms. The van der Waals surface area contributed by atoms with Gasteiger partial charge >= 0.3 is 0 Å². The van der Waals surface area contributed by atoms with Gasteiger partial charge in [-0.2, -0.15) is 4.31 Å². The Morgan fingerprint density at radius 3 is 2.29 bits per heavy atom. The second-order valence-electron chi connectivity index (χ2n) is 8.38. The van der Waals surface area contributed by atoms with Gasteiger partial charge in [0.1, 0.15) is 6.04 Å². The van der Waals surface area contributed by atoms with Gasteiger partial charge in [-0.05, 0) is 65.2 Å². The van der Waals surface area contributed by atoms with Crippen molar-refractivity contribution in [2.24, 2.45) is 0 Å². The lowest BCUT2D eigenvalue weighted by Gasteiger charge is -2.27. The summed E-state index contributed by atoms with van der Waals surface area (Å²) in [6, 6.07) is 3.87. The summed E-state index contributed by atoms with van der Waals surface area (Å²) in [6.45, 7) is 9.90. The third-order valence-electron chi connectivity index (χ3n) is 4.62. The zero-order chi connectivity index (χ0) is 21.1. The highest BCUT2D eigenvalue weighted by molar-refractivity contribution is 7.89. The van der Waals surface area contributed by atoms with Gasteiger partial charge in [-0.1, -0.05) is 12.5 Å². The van der Waals surface area contributed by atoms with Crippen LogP contribution in [0.25, 0.3) is 0 Å². The largest absolute Gasteiger partial charge is 0.350 e. The number of nitrogens with zero attached hydrogens (tertiary/aromatic N) is 1. The lowest BCUT2D eigenvalue weighted by molar-refractivity contribution is -0.124. The standard InChI is InChI=1S/C20H31N3O4S/c1-14-9-10-16(19(25)21-15(2)18(24)22-20(3,4)5)13-17(14)28(26,27)23-11-7-6-8-12-23/h9-10,13,15H,6-8,11-12H2,1-5H3,(H,21,25)(H,22,24). The second-order valence-corrected chi connectivity index (χ2v) is 10.3. The van der Waals surface area contributed by atoms with Crippen LogP contribution >= 0.6 is 0 Å². The first-order valence-electron chi connectivity index (χ1n) is 9.65. The highest BCUT2D eigenvalue weighted by Crippen LogP contribution is 2.24.